The quantitative estimate of drug-likeness (QED) is 0.273. The highest BCUT2D eigenvalue weighted by molar-refractivity contribution is 6.07. The Bertz CT molecular complexity index is 999. The second kappa shape index (κ2) is 7.69. The zero-order chi connectivity index (χ0) is 19.4. The maximum Gasteiger partial charge on any atom is 0.269 e. The van der Waals surface area contributed by atoms with Crippen LogP contribution in [0.2, 0.25) is 0 Å². The first-order chi connectivity index (χ1) is 12.9. The molecule has 3 aromatic rings. The van der Waals surface area contributed by atoms with E-state index >= 15 is 0 Å². The second-order valence-electron chi connectivity index (χ2n) is 5.81. The third-order valence-electron chi connectivity index (χ3n) is 4.01. The van der Waals surface area contributed by atoms with Gasteiger partial charge in [0.2, 0.25) is 0 Å². The van der Waals surface area contributed by atoms with E-state index in [4.69, 9.17) is 9.15 Å². The Morgan fingerprint density at radius 1 is 1.30 bits per heavy atom. The van der Waals surface area contributed by atoms with Crippen LogP contribution in [0.25, 0.3) is 6.08 Å². The number of nitro benzene ring substituents is 1. The van der Waals surface area contributed by atoms with Crippen molar-refractivity contribution in [2.45, 2.75) is 13.5 Å². The van der Waals surface area contributed by atoms with Crippen molar-refractivity contribution in [3.8, 4) is 5.75 Å². The van der Waals surface area contributed by atoms with E-state index in [0.717, 1.165) is 5.69 Å². The lowest BCUT2D eigenvalue weighted by Crippen LogP contribution is -1.98. The van der Waals surface area contributed by atoms with Crippen LogP contribution in [0.5, 0.6) is 5.75 Å². The molecule has 0 saturated heterocycles. The largest absolute Gasteiger partial charge is 0.486 e. The summed E-state index contributed by atoms with van der Waals surface area (Å²) < 4.78 is 12.8. The van der Waals surface area contributed by atoms with E-state index in [1.807, 2.05) is 6.92 Å². The zero-order valence-corrected chi connectivity index (χ0v) is 14.8. The van der Waals surface area contributed by atoms with Gasteiger partial charge < -0.3 is 9.15 Å². The number of ether oxygens (including phenoxy) is 1. The van der Waals surface area contributed by atoms with Gasteiger partial charge in [0.1, 0.15) is 23.9 Å². The van der Waals surface area contributed by atoms with Gasteiger partial charge in [0.05, 0.1) is 16.7 Å². The van der Waals surface area contributed by atoms with Gasteiger partial charge in [0.25, 0.3) is 5.69 Å². The summed E-state index contributed by atoms with van der Waals surface area (Å²) in [4.78, 5) is 22.4. The zero-order valence-electron chi connectivity index (χ0n) is 14.8. The van der Waals surface area contributed by atoms with Crippen molar-refractivity contribution < 1.29 is 18.9 Å². The Morgan fingerprint density at radius 3 is 2.67 bits per heavy atom. The van der Waals surface area contributed by atoms with E-state index in [2.05, 4.69) is 5.10 Å². The first-order valence-corrected chi connectivity index (χ1v) is 8.11. The number of aryl methyl sites for hydroxylation is 1. The molecule has 0 aliphatic carbocycles. The average Bonchev–Trinajstić information content (AvgIpc) is 3.25. The molecular weight excluding hydrogens is 350 g/mol. The molecule has 0 saturated carbocycles. The molecule has 3 rings (SSSR count). The molecule has 0 aliphatic heterocycles. The molecule has 0 N–H and O–H groups in total. The Morgan fingerprint density at radius 2 is 2.04 bits per heavy atom. The Balaban J connectivity index is 1.58. The Labute approximate surface area is 154 Å². The summed E-state index contributed by atoms with van der Waals surface area (Å²) in [5.74, 6) is 1.43. The number of non-ortho nitro benzene ring substituents is 1. The lowest BCUT2D eigenvalue weighted by Gasteiger charge is -2.03. The van der Waals surface area contributed by atoms with E-state index in [1.54, 1.807) is 29.9 Å². The number of hydrogen-bond donors (Lipinski definition) is 0. The summed E-state index contributed by atoms with van der Waals surface area (Å²) in [5.41, 5.74) is 1.34. The number of furan rings is 1. The predicted molar refractivity (Wildman–Crippen MR) is 97.4 cm³/mol. The molecule has 8 heteroatoms. The molecule has 0 aliphatic rings. The van der Waals surface area contributed by atoms with Gasteiger partial charge in [0.15, 0.2) is 5.78 Å². The van der Waals surface area contributed by atoms with Crippen LogP contribution in [0, 0.1) is 17.0 Å². The van der Waals surface area contributed by atoms with Crippen LogP contribution in [-0.4, -0.2) is 20.5 Å². The Kier molecular flexibility index (Phi) is 5.16. The first kappa shape index (κ1) is 18.1. The first-order valence-electron chi connectivity index (χ1n) is 8.11. The molecule has 0 bridgehead atoms. The topological polar surface area (TPSA) is 100 Å². The minimum absolute atomic E-state index is 0.00120. The molecule has 8 nitrogen and oxygen atoms in total. The van der Waals surface area contributed by atoms with Crippen molar-refractivity contribution in [1.29, 1.82) is 0 Å². The van der Waals surface area contributed by atoms with Crippen LogP contribution in [0.15, 0.2) is 53.1 Å². The number of allylic oxidation sites excluding steroid dienone is 1. The molecule has 0 fully saturated rings. The molecule has 138 valence electrons. The summed E-state index contributed by atoms with van der Waals surface area (Å²) in [7, 11) is 1.78. The Hall–Kier alpha value is -3.68. The summed E-state index contributed by atoms with van der Waals surface area (Å²) in [6, 6.07) is 9.27. The predicted octanol–water partition coefficient (Wildman–Crippen LogP) is 3.70. The SMILES string of the molecule is Cc1c(C(=O)C=Cc2ccc(COc3ccc([N+](=O)[O-])cc3)o2)cnn1C. The van der Waals surface area contributed by atoms with Crippen LogP contribution in [0.1, 0.15) is 27.6 Å². The van der Waals surface area contributed by atoms with Crippen LogP contribution in [0.3, 0.4) is 0 Å². The van der Waals surface area contributed by atoms with E-state index in [0.29, 0.717) is 22.8 Å². The highest BCUT2D eigenvalue weighted by Gasteiger charge is 2.10. The third-order valence-corrected chi connectivity index (χ3v) is 4.01. The number of rotatable bonds is 7. The van der Waals surface area contributed by atoms with Crippen LogP contribution >= 0.6 is 0 Å². The number of aromatic nitrogens is 2. The number of nitro groups is 1. The van der Waals surface area contributed by atoms with Gasteiger partial charge in [-0.2, -0.15) is 5.10 Å². The minimum atomic E-state index is -0.469. The summed E-state index contributed by atoms with van der Waals surface area (Å²) >= 11 is 0. The molecule has 0 unspecified atom stereocenters. The highest BCUT2D eigenvalue weighted by Crippen LogP contribution is 2.19. The van der Waals surface area contributed by atoms with Gasteiger partial charge in [-0.3, -0.25) is 19.6 Å². The third kappa shape index (κ3) is 4.30. The fourth-order valence-electron chi connectivity index (χ4n) is 2.37. The van der Waals surface area contributed by atoms with Crippen LogP contribution < -0.4 is 4.74 Å². The van der Waals surface area contributed by atoms with Crippen molar-refractivity contribution in [2.75, 3.05) is 0 Å². The maximum atomic E-state index is 12.2. The van der Waals surface area contributed by atoms with Crippen molar-refractivity contribution in [3.63, 3.8) is 0 Å². The highest BCUT2D eigenvalue weighted by atomic mass is 16.6. The van der Waals surface area contributed by atoms with E-state index in [-0.39, 0.29) is 18.1 Å². The van der Waals surface area contributed by atoms with Gasteiger partial charge in [-0.1, -0.05) is 0 Å². The van der Waals surface area contributed by atoms with E-state index in [1.165, 1.54) is 36.5 Å². The lowest BCUT2D eigenvalue weighted by atomic mass is 10.1. The number of benzene rings is 1. The van der Waals surface area contributed by atoms with E-state index < -0.39 is 4.92 Å². The number of hydrogen-bond acceptors (Lipinski definition) is 6. The molecule has 2 heterocycles. The van der Waals surface area contributed by atoms with Gasteiger partial charge in [-0.05, 0) is 43.3 Å². The monoisotopic (exact) mass is 367 g/mol. The molecule has 0 amide bonds. The standard InChI is InChI=1S/C19H17N3O5/c1-13-18(11-20-21(13)2)19(23)10-9-16-7-8-17(27-16)12-26-15-5-3-14(4-6-15)22(24)25/h3-11H,12H2,1-2H3. The normalized spacial score (nSPS) is 11.0. The maximum absolute atomic E-state index is 12.2. The summed E-state index contributed by atoms with van der Waals surface area (Å²) in [6.45, 7) is 2.00. The molecular formula is C19H17N3O5. The minimum Gasteiger partial charge on any atom is -0.486 e. The number of nitrogens with zero attached hydrogens (tertiary/aromatic N) is 3. The lowest BCUT2D eigenvalue weighted by molar-refractivity contribution is -0.384. The molecule has 0 radical (unpaired) electrons. The van der Waals surface area contributed by atoms with Gasteiger partial charge >= 0.3 is 0 Å². The fourth-order valence-corrected chi connectivity index (χ4v) is 2.37. The smallest absolute Gasteiger partial charge is 0.269 e. The molecule has 0 spiro atoms. The molecule has 0 atom stereocenters. The van der Waals surface area contributed by atoms with Crippen molar-refractivity contribution in [2.24, 2.45) is 7.05 Å². The number of ketones is 1. The number of carbonyl (C=O) groups is 1. The molecule has 27 heavy (non-hydrogen) atoms. The molecule has 2 aromatic heterocycles. The summed E-state index contributed by atoms with van der Waals surface area (Å²) in [6.07, 6.45) is 4.56. The van der Waals surface area contributed by atoms with Crippen molar-refractivity contribution in [1.82, 2.24) is 9.78 Å². The van der Waals surface area contributed by atoms with E-state index in [9.17, 15) is 14.9 Å². The van der Waals surface area contributed by atoms with Gasteiger partial charge in [-0.25, -0.2) is 0 Å². The van der Waals surface area contributed by atoms with Crippen molar-refractivity contribution in [3.05, 3.63) is 81.6 Å². The average molecular weight is 367 g/mol. The fraction of sp³-hybridized carbons (Fsp3) is 0.158. The van der Waals surface area contributed by atoms with Gasteiger partial charge in [0, 0.05) is 24.9 Å². The van der Waals surface area contributed by atoms with Gasteiger partial charge in [-0.15, -0.1) is 0 Å². The number of carbonyl (C=O) groups excluding carboxylic acids is 1. The van der Waals surface area contributed by atoms with Crippen LogP contribution in [0.4, 0.5) is 5.69 Å². The van der Waals surface area contributed by atoms with Crippen LogP contribution in [-0.2, 0) is 13.7 Å². The molecule has 1 aromatic carbocycles. The van der Waals surface area contributed by atoms with Crippen molar-refractivity contribution >= 4 is 17.5 Å². The summed E-state index contributed by atoms with van der Waals surface area (Å²) in [5, 5.41) is 14.7. The second-order valence-corrected chi connectivity index (χ2v) is 5.81.